The van der Waals surface area contributed by atoms with Gasteiger partial charge >= 0.3 is 0 Å². The Hall–Kier alpha value is -1.65. The first-order valence-corrected chi connectivity index (χ1v) is 5.97. The van der Waals surface area contributed by atoms with Crippen LogP contribution in [0.3, 0.4) is 0 Å². The quantitative estimate of drug-likeness (QED) is 0.839. The lowest BCUT2D eigenvalue weighted by molar-refractivity contribution is 0.628. The summed E-state index contributed by atoms with van der Waals surface area (Å²) in [5.41, 5.74) is 7.65. The predicted octanol–water partition coefficient (Wildman–Crippen LogP) is 3.86. The summed E-state index contributed by atoms with van der Waals surface area (Å²) in [5.74, 6) is -0.291. The van der Waals surface area contributed by atoms with Crippen LogP contribution >= 0.6 is 23.8 Å². The summed E-state index contributed by atoms with van der Waals surface area (Å²) in [6.45, 7) is 0. The Morgan fingerprint density at radius 3 is 2.44 bits per heavy atom. The van der Waals surface area contributed by atoms with Crippen molar-refractivity contribution in [2.75, 3.05) is 5.32 Å². The zero-order valence-corrected chi connectivity index (χ0v) is 10.9. The number of hydrogen-bond acceptors (Lipinski definition) is 2. The Labute approximate surface area is 115 Å². The summed E-state index contributed by atoms with van der Waals surface area (Å²) in [4.78, 5) is 0.213. The molecule has 0 aromatic heterocycles. The molecule has 18 heavy (non-hydrogen) atoms. The zero-order valence-electron chi connectivity index (χ0n) is 9.28. The molecule has 2 aromatic rings. The predicted molar refractivity (Wildman–Crippen MR) is 77.0 cm³/mol. The zero-order chi connectivity index (χ0) is 13.1. The molecule has 0 radical (unpaired) electrons. The molecule has 0 aliphatic carbocycles. The van der Waals surface area contributed by atoms with Gasteiger partial charge in [0, 0.05) is 5.69 Å². The van der Waals surface area contributed by atoms with Crippen LogP contribution in [0.1, 0.15) is 5.56 Å². The third kappa shape index (κ3) is 2.78. The van der Waals surface area contributed by atoms with Crippen LogP contribution in [0.2, 0.25) is 5.02 Å². The van der Waals surface area contributed by atoms with Crippen LogP contribution in [0.15, 0.2) is 42.5 Å². The third-order valence-electron chi connectivity index (χ3n) is 2.38. The van der Waals surface area contributed by atoms with Crippen molar-refractivity contribution in [3.8, 4) is 0 Å². The van der Waals surface area contributed by atoms with Gasteiger partial charge in [-0.3, -0.25) is 0 Å². The summed E-state index contributed by atoms with van der Waals surface area (Å²) >= 11 is 11.0. The fraction of sp³-hybridized carbons (Fsp3) is 0. The summed E-state index contributed by atoms with van der Waals surface area (Å²) < 4.78 is 12.8. The molecule has 2 aromatic carbocycles. The average molecular weight is 281 g/mol. The molecule has 5 heteroatoms. The van der Waals surface area contributed by atoms with E-state index in [0.29, 0.717) is 16.3 Å². The molecule has 0 amide bonds. The van der Waals surface area contributed by atoms with Crippen LogP contribution in [0, 0.1) is 5.82 Å². The molecule has 2 nitrogen and oxygen atoms in total. The largest absolute Gasteiger partial charge is 0.389 e. The number of nitrogens with two attached hydrogens (primary N) is 1. The van der Waals surface area contributed by atoms with Gasteiger partial charge in [-0.2, -0.15) is 0 Å². The second-order valence-electron chi connectivity index (χ2n) is 3.66. The highest BCUT2D eigenvalue weighted by molar-refractivity contribution is 7.80. The lowest BCUT2D eigenvalue weighted by atomic mass is 10.1. The molecule has 0 unspecified atom stereocenters. The van der Waals surface area contributed by atoms with E-state index in [1.807, 2.05) is 6.07 Å². The molecule has 0 saturated heterocycles. The van der Waals surface area contributed by atoms with Gasteiger partial charge < -0.3 is 11.1 Å². The van der Waals surface area contributed by atoms with E-state index in [9.17, 15) is 4.39 Å². The first kappa shape index (κ1) is 12.8. The van der Waals surface area contributed by atoms with Crippen LogP contribution < -0.4 is 11.1 Å². The van der Waals surface area contributed by atoms with Crippen molar-refractivity contribution < 1.29 is 4.39 Å². The van der Waals surface area contributed by atoms with Gasteiger partial charge in [0.15, 0.2) is 0 Å². The molecule has 3 N–H and O–H groups in total. The number of hydrogen-bond donors (Lipinski definition) is 2. The Kier molecular flexibility index (Phi) is 3.79. The average Bonchev–Trinajstić information content (AvgIpc) is 2.32. The van der Waals surface area contributed by atoms with Gasteiger partial charge in [0.1, 0.15) is 10.8 Å². The number of benzene rings is 2. The van der Waals surface area contributed by atoms with Crippen molar-refractivity contribution in [1.82, 2.24) is 0 Å². The highest BCUT2D eigenvalue weighted by Crippen LogP contribution is 2.27. The van der Waals surface area contributed by atoms with Crippen molar-refractivity contribution in [3.05, 3.63) is 58.9 Å². The van der Waals surface area contributed by atoms with E-state index in [2.05, 4.69) is 5.32 Å². The topological polar surface area (TPSA) is 38.0 Å². The summed E-state index contributed by atoms with van der Waals surface area (Å²) in [6.07, 6.45) is 0. The minimum Gasteiger partial charge on any atom is -0.389 e. The Balaban J connectivity index is 2.37. The number of rotatable bonds is 3. The van der Waals surface area contributed by atoms with Crippen molar-refractivity contribution in [1.29, 1.82) is 0 Å². The molecule has 0 atom stereocenters. The van der Waals surface area contributed by atoms with E-state index in [-0.39, 0.29) is 10.8 Å². The van der Waals surface area contributed by atoms with Crippen LogP contribution in [-0.2, 0) is 0 Å². The SMILES string of the molecule is NC(=S)c1c(Cl)cccc1Nc1ccc(F)cc1. The first-order valence-electron chi connectivity index (χ1n) is 5.19. The smallest absolute Gasteiger partial charge is 0.123 e. The van der Waals surface area contributed by atoms with Gasteiger partial charge in [-0.1, -0.05) is 29.9 Å². The number of halogens is 2. The van der Waals surface area contributed by atoms with Crippen molar-refractivity contribution in [2.45, 2.75) is 0 Å². The molecule has 0 aliphatic heterocycles. The highest BCUT2D eigenvalue weighted by Gasteiger charge is 2.09. The minimum absolute atomic E-state index is 0.213. The van der Waals surface area contributed by atoms with Crippen LogP contribution in [0.5, 0.6) is 0 Å². The van der Waals surface area contributed by atoms with Gasteiger partial charge in [0.25, 0.3) is 0 Å². The molecule has 92 valence electrons. The normalized spacial score (nSPS) is 10.1. The van der Waals surface area contributed by atoms with Crippen LogP contribution in [-0.4, -0.2) is 4.99 Å². The van der Waals surface area contributed by atoms with Gasteiger partial charge in [-0.15, -0.1) is 0 Å². The summed E-state index contributed by atoms with van der Waals surface area (Å²) in [5, 5.41) is 3.58. The number of nitrogens with one attached hydrogen (secondary N) is 1. The summed E-state index contributed by atoms with van der Waals surface area (Å²) in [7, 11) is 0. The maximum absolute atomic E-state index is 12.8. The fourth-order valence-electron chi connectivity index (χ4n) is 1.57. The molecule has 0 saturated carbocycles. The molecule has 0 bridgehead atoms. The van der Waals surface area contributed by atoms with E-state index >= 15 is 0 Å². The fourth-order valence-corrected chi connectivity index (χ4v) is 2.12. The first-order chi connectivity index (χ1) is 8.58. The summed E-state index contributed by atoms with van der Waals surface area (Å²) in [6, 6.07) is 11.3. The van der Waals surface area contributed by atoms with Crippen molar-refractivity contribution >= 4 is 40.2 Å². The van der Waals surface area contributed by atoms with E-state index in [0.717, 1.165) is 5.69 Å². The molecule has 0 spiro atoms. The van der Waals surface area contributed by atoms with E-state index in [4.69, 9.17) is 29.6 Å². The number of thiocarbonyl (C=S) groups is 1. The monoisotopic (exact) mass is 280 g/mol. The van der Waals surface area contributed by atoms with Crippen molar-refractivity contribution in [3.63, 3.8) is 0 Å². The molecule has 0 fully saturated rings. The molecular formula is C13H10ClFN2S. The molecule has 0 heterocycles. The van der Waals surface area contributed by atoms with Crippen LogP contribution in [0.25, 0.3) is 0 Å². The molecular weight excluding hydrogens is 271 g/mol. The van der Waals surface area contributed by atoms with Gasteiger partial charge in [0.05, 0.1) is 16.3 Å². The van der Waals surface area contributed by atoms with Crippen LogP contribution in [0.4, 0.5) is 15.8 Å². The second-order valence-corrected chi connectivity index (χ2v) is 4.51. The molecule has 2 rings (SSSR count). The maximum Gasteiger partial charge on any atom is 0.123 e. The van der Waals surface area contributed by atoms with E-state index in [1.54, 1.807) is 24.3 Å². The lowest BCUT2D eigenvalue weighted by Gasteiger charge is -2.12. The van der Waals surface area contributed by atoms with Crippen molar-refractivity contribution in [2.24, 2.45) is 5.73 Å². The van der Waals surface area contributed by atoms with Gasteiger partial charge in [-0.25, -0.2) is 4.39 Å². The van der Waals surface area contributed by atoms with E-state index < -0.39 is 0 Å². The Bertz CT molecular complexity index is 584. The maximum atomic E-state index is 12.8. The standard InChI is InChI=1S/C13H10ClFN2S/c14-10-2-1-3-11(12(10)13(16)18)17-9-6-4-8(15)5-7-9/h1-7,17H,(H2,16,18). The van der Waals surface area contributed by atoms with E-state index in [1.165, 1.54) is 12.1 Å². The second kappa shape index (κ2) is 5.33. The minimum atomic E-state index is -0.291. The van der Waals surface area contributed by atoms with Gasteiger partial charge in [-0.05, 0) is 36.4 Å². The Morgan fingerprint density at radius 2 is 1.83 bits per heavy atom. The number of anilines is 2. The third-order valence-corrected chi connectivity index (χ3v) is 2.90. The highest BCUT2D eigenvalue weighted by atomic mass is 35.5. The Morgan fingerprint density at radius 1 is 1.17 bits per heavy atom. The van der Waals surface area contributed by atoms with Gasteiger partial charge in [0.2, 0.25) is 0 Å². The lowest BCUT2D eigenvalue weighted by Crippen LogP contribution is -2.12. The molecule has 0 aliphatic rings.